The summed E-state index contributed by atoms with van der Waals surface area (Å²) in [5.41, 5.74) is 0.653. The van der Waals surface area contributed by atoms with Gasteiger partial charge in [0.15, 0.2) is 0 Å². The van der Waals surface area contributed by atoms with E-state index in [9.17, 15) is 18.4 Å². The lowest BCUT2D eigenvalue weighted by Crippen LogP contribution is -2.47. The van der Waals surface area contributed by atoms with Crippen molar-refractivity contribution in [3.05, 3.63) is 65.7 Å². The van der Waals surface area contributed by atoms with Crippen LogP contribution in [0.3, 0.4) is 0 Å². The zero-order valence-corrected chi connectivity index (χ0v) is 15.2. The molecule has 144 valence electrons. The standard InChI is InChI=1S/C20H22F2N2O3/c1-3-13(2)18(19(25)23-17-10-9-15(21)11-16(17)22)24-20(26)27-12-14-7-5-4-6-8-14/h4-11,13,18H,3,12H2,1-2H3,(H,23,25)(H,24,26)/t13-,18-/m0/s1. The van der Waals surface area contributed by atoms with E-state index in [1.807, 2.05) is 37.3 Å². The lowest BCUT2D eigenvalue weighted by molar-refractivity contribution is -0.119. The molecule has 0 radical (unpaired) electrons. The van der Waals surface area contributed by atoms with E-state index in [1.54, 1.807) is 6.92 Å². The van der Waals surface area contributed by atoms with Gasteiger partial charge in [-0.2, -0.15) is 0 Å². The van der Waals surface area contributed by atoms with Gasteiger partial charge >= 0.3 is 6.09 Å². The minimum Gasteiger partial charge on any atom is -0.445 e. The van der Waals surface area contributed by atoms with E-state index in [2.05, 4.69) is 10.6 Å². The second-order valence-corrected chi connectivity index (χ2v) is 6.18. The fourth-order valence-corrected chi connectivity index (χ4v) is 2.40. The van der Waals surface area contributed by atoms with Crippen LogP contribution < -0.4 is 10.6 Å². The molecule has 0 aliphatic carbocycles. The first-order valence-electron chi connectivity index (χ1n) is 8.63. The Hall–Kier alpha value is -2.96. The van der Waals surface area contributed by atoms with E-state index in [-0.39, 0.29) is 18.2 Å². The van der Waals surface area contributed by atoms with Crippen molar-refractivity contribution in [2.45, 2.75) is 32.9 Å². The number of amides is 2. The Balaban J connectivity index is 2.00. The number of carbonyl (C=O) groups excluding carboxylic acids is 2. The van der Waals surface area contributed by atoms with Crippen molar-refractivity contribution in [3.63, 3.8) is 0 Å². The molecule has 2 aromatic carbocycles. The molecule has 0 bridgehead atoms. The molecular formula is C20H22F2N2O3. The Morgan fingerprint density at radius 1 is 1.11 bits per heavy atom. The van der Waals surface area contributed by atoms with Crippen molar-refractivity contribution in [3.8, 4) is 0 Å². The maximum atomic E-state index is 13.8. The second kappa shape index (κ2) is 9.66. The van der Waals surface area contributed by atoms with Gasteiger partial charge in [-0.1, -0.05) is 50.6 Å². The van der Waals surface area contributed by atoms with Crippen molar-refractivity contribution in [1.29, 1.82) is 0 Å². The number of hydrogen-bond acceptors (Lipinski definition) is 3. The predicted molar refractivity (Wildman–Crippen MR) is 98.0 cm³/mol. The monoisotopic (exact) mass is 376 g/mol. The summed E-state index contributed by atoms with van der Waals surface area (Å²) in [6.07, 6.45) is -0.151. The van der Waals surface area contributed by atoms with Gasteiger partial charge in [-0.25, -0.2) is 13.6 Å². The molecule has 0 spiro atoms. The summed E-state index contributed by atoms with van der Waals surface area (Å²) in [5.74, 6) is -2.46. The summed E-state index contributed by atoms with van der Waals surface area (Å²) in [5, 5.41) is 4.90. The van der Waals surface area contributed by atoms with Crippen LogP contribution in [0.4, 0.5) is 19.3 Å². The molecule has 2 N–H and O–H groups in total. The number of hydrogen-bond donors (Lipinski definition) is 2. The predicted octanol–water partition coefficient (Wildman–Crippen LogP) is 4.24. The number of halogens is 2. The molecule has 7 heteroatoms. The van der Waals surface area contributed by atoms with Gasteiger partial charge in [0, 0.05) is 6.07 Å². The third-order valence-corrected chi connectivity index (χ3v) is 4.17. The average Bonchev–Trinajstić information content (AvgIpc) is 2.66. The highest BCUT2D eigenvalue weighted by atomic mass is 19.1. The van der Waals surface area contributed by atoms with Gasteiger partial charge in [-0.3, -0.25) is 4.79 Å². The highest BCUT2D eigenvalue weighted by Crippen LogP contribution is 2.17. The van der Waals surface area contributed by atoms with Crippen LogP contribution in [0.15, 0.2) is 48.5 Å². The number of carbonyl (C=O) groups is 2. The van der Waals surface area contributed by atoms with Crippen molar-refractivity contribution >= 4 is 17.7 Å². The summed E-state index contributed by atoms with van der Waals surface area (Å²) >= 11 is 0. The molecule has 0 aliphatic heterocycles. The molecule has 0 saturated carbocycles. The molecule has 0 aliphatic rings. The van der Waals surface area contributed by atoms with Gasteiger partial charge < -0.3 is 15.4 Å². The zero-order chi connectivity index (χ0) is 19.8. The first-order valence-corrected chi connectivity index (χ1v) is 8.63. The van der Waals surface area contributed by atoms with Crippen LogP contribution in [-0.4, -0.2) is 18.0 Å². The van der Waals surface area contributed by atoms with Gasteiger partial charge in [-0.05, 0) is 23.6 Å². The Kier molecular flexibility index (Phi) is 7.28. The number of anilines is 1. The highest BCUT2D eigenvalue weighted by molar-refractivity contribution is 5.96. The van der Waals surface area contributed by atoms with Crippen LogP contribution in [0.1, 0.15) is 25.8 Å². The van der Waals surface area contributed by atoms with Crippen LogP contribution in [0.2, 0.25) is 0 Å². The molecule has 0 fully saturated rings. The quantitative estimate of drug-likeness (QED) is 0.759. The third-order valence-electron chi connectivity index (χ3n) is 4.17. The summed E-state index contributed by atoms with van der Waals surface area (Å²) in [4.78, 5) is 24.6. The largest absolute Gasteiger partial charge is 0.445 e. The topological polar surface area (TPSA) is 67.4 Å². The number of rotatable bonds is 7. The Morgan fingerprint density at radius 2 is 1.81 bits per heavy atom. The Bertz CT molecular complexity index is 784. The SMILES string of the molecule is CC[C@H](C)[C@H](NC(=O)OCc1ccccc1)C(=O)Nc1ccc(F)cc1F. The minimum absolute atomic E-state index is 0.0636. The maximum absolute atomic E-state index is 13.8. The minimum atomic E-state index is -0.928. The van der Waals surface area contributed by atoms with Crippen molar-refractivity contribution in [2.75, 3.05) is 5.32 Å². The number of benzene rings is 2. The van der Waals surface area contributed by atoms with E-state index < -0.39 is 29.7 Å². The van der Waals surface area contributed by atoms with E-state index in [4.69, 9.17) is 4.74 Å². The number of ether oxygens (including phenoxy) is 1. The van der Waals surface area contributed by atoms with E-state index >= 15 is 0 Å². The zero-order valence-electron chi connectivity index (χ0n) is 15.2. The molecule has 0 heterocycles. The summed E-state index contributed by atoms with van der Waals surface area (Å²) in [7, 11) is 0. The Labute approximate surface area is 156 Å². The molecule has 5 nitrogen and oxygen atoms in total. The summed E-state index contributed by atoms with van der Waals surface area (Å²) in [6, 6.07) is 11.0. The Morgan fingerprint density at radius 3 is 2.44 bits per heavy atom. The van der Waals surface area contributed by atoms with Gasteiger partial charge in [0.05, 0.1) is 5.69 Å². The van der Waals surface area contributed by atoms with Crippen LogP contribution in [0.25, 0.3) is 0 Å². The van der Waals surface area contributed by atoms with Crippen molar-refractivity contribution in [2.24, 2.45) is 5.92 Å². The lowest BCUT2D eigenvalue weighted by atomic mass is 9.98. The lowest BCUT2D eigenvalue weighted by Gasteiger charge is -2.23. The third kappa shape index (κ3) is 6.06. The molecule has 0 aromatic heterocycles. The molecule has 2 amide bonds. The molecule has 2 atom stereocenters. The average molecular weight is 376 g/mol. The van der Waals surface area contributed by atoms with Crippen LogP contribution in [-0.2, 0) is 16.1 Å². The van der Waals surface area contributed by atoms with Gasteiger partial charge in [0.25, 0.3) is 0 Å². The second-order valence-electron chi connectivity index (χ2n) is 6.18. The number of alkyl carbamates (subject to hydrolysis) is 1. The van der Waals surface area contributed by atoms with Gasteiger partial charge in [0.1, 0.15) is 24.3 Å². The number of nitrogens with one attached hydrogen (secondary N) is 2. The maximum Gasteiger partial charge on any atom is 0.408 e. The van der Waals surface area contributed by atoms with E-state index in [1.165, 1.54) is 0 Å². The van der Waals surface area contributed by atoms with Gasteiger partial charge in [-0.15, -0.1) is 0 Å². The van der Waals surface area contributed by atoms with E-state index in [0.717, 1.165) is 17.7 Å². The summed E-state index contributed by atoms with van der Waals surface area (Å²) in [6.45, 7) is 3.71. The molecule has 0 unspecified atom stereocenters. The van der Waals surface area contributed by atoms with Crippen molar-refractivity contribution < 1.29 is 23.1 Å². The molecule has 2 rings (SSSR count). The molecular weight excluding hydrogens is 354 g/mol. The normalized spacial score (nSPS) is 12.7. The van der Waals surface area contributed by atoms with E-state index in [0.29, 0.717) is 12.5 Å². The smallest absolute Gasteiger partial charge is 0.408 e. The van der Waals surface area contributed by atoms with Crippen LogP contribution in [0, 0.1) is 17.6 Å². The van der Waals surface area contributed by atoms with Gasteiger partial charge in [0.2, 0.25) is 5.91 Å². The fraction of sp³-hybridized carbons (Fsp3) is 0.300. The molecule has 27 heavy (non-hydrogen) atoms. The fourth-order valence-electron chi connectivity index (χ4n) is 2.40. The van der Waals surface area contributed by atoms with Crippen LogP contribution in [0.5, 0.6) is 0 Å². The first kappa shape index (κ1) is 20.4. The first-order chi connectivity index (χ1) is 12.9. The van der Waals surface area contributed by atoms with Crippen LogP contribution >= 0.6 is 0 Å². The van der Waals surface area contributed by atoms with Crippen molar-refractivity contribution in [1.82, 2.24) is 5.32 Å². The summed E-state index contributed by atoms with van der Waals surface area (Å²) < 4.78 is 31.9. The highest BCUT2D eigenvalue weighted by Gasteiger charge is 2.27. The molecule has 0 saturated heterocycles. The molecule has 2 aromatic rings.